The van der Waals surface area contributed by atoms with Crippen LogP contribution in [0, 0.1) is 0 Å². The Balaban J connectivity index is 2.13. The maximum atomic E-state index is 11.9. The van der Waals surface area contributed by atoms with E-state index in [2.05, 4.69) is 10.2 Å². The van der Waals surface area contributed by atoms with E-state index < -0.39 is 5.97 Å². The summed E-state index contributed by atoms with van der Waals surface area (Å²) in [6, 6.07) is 5.48. The van der Waals surface area contributed by atoms with E-state index >= 15 is 0 Å². The van der Waals surface area contributed by atoms with Gasteiger partial charge in [-0.25, -0.2) is 4.79 Å². The van der Waals surface area contributed by atoms with Crippen molar-refractivity contribution in [3.05, 3.63) is 34.5 Å². The van der Waals surface area contributed by atoms with Crippen molar-refractivity contribution in [2.45, 2.75) is 13.3 Å². The lowest BCUT2D eigenvalue weighted by Gasteiger charge is -2.07. The molecule has 3 rings (SSSR count). The first kappa shape index (κ1) is 13.0. The number of ether oxygens (including phenoxy) is 2. The predicted octanol–water partition coefficient (Wildman–Crippen LogP) is 2.84. The zero-order valence-electron chi connectivity index (χ0n) is 10.9. The van der Waals surface area contributed by atoms with Crippen molar-refractivity contribution in [1.82, 2.24) is 10.2 Å². The fourth-order valence-corrected chi connectivity index (χ4v) is 2.53. The number of para-hydroxylation sites is 1. The average Bonchev–Trinajstić information content (AvgIpc) is 2.76. The number of hydrogen-bond donors (Lipinski definition) is 1. The minimum Gasteiger partial charge on any atom is -0.491 e. The molecule has 0 saturated carbocycles. The number of fused-ring (bicyclic) bond motifs is 3. The topological polar surface area (TPSA) is 64.2 Å². The highest BCUT2D eigenvalue weighted by Gasteiger charge is 2.26. The van der Waals surface area contributed by atoms with Crippen LogP contribution >= 0.6 is 11.6 Å². The van der Waals surface area contributed by atoms with E-state index in [9.17, 15) is 4.79 Å². The van der Waals surface area contributed by atoms with E-state index in [0.717, 1.165) is 11.1 Å². The molecular formula is C14H13ClN2O3. The molecule has 0 aliphatic carbocycles. The quantitative estimate of drug-likeness (QED) is 0.865. The van der Waals surface area contributed by atoms with Crippen molar-refractivity contribution in [3.63, 3.8) is 0 Å². The third kappa shape index (κ3) is 2.04. The van der Waals surface area contributed by atoms with Gasteiger partial charge in [-0.15, -0.1) is 0 Å². The Bertz CT molecular complexity index is 666. The molecule has 0 spiro atoms. The van der Waals surface area contributed by atoms with Gasteiger partial charge in [-0.1, -0.05) is 17.7 Å². The van der Waals surface area contributed by atoms with Crippen LogP contribution in [-0.2, 0) is 11.2 Å². The number of nitrogens with one attached hydrogen (secondary N) is 1. The summed E-state index contributed by atoms with van der Waals surface area (Å²) in [5.41, 5.74) is 2.68. The SMILES string of the molecule is CCOC(=O)c1[nH]nc2c1CCOc1c(Cl)cccc1-2. The van der Waals surface area contributed by atoms with Gasteiger partial charge in [0.05, 0.1) is 18.2 Å². The van der Waals surface area contributed by atoms with Gasteiger partial charge in [0.2, 0.25) is 0 Å². The smallest absolute Gasteiger partial charge is 0.356 e. The van der Waals surface area contributed by atoms with Crippen molar-refractivity contribution in [2.24, 2.45) is 0 Å². The number of aromatic amines is 1. The highest BCUT2D eigenvalue weighted by molar-refractivity contribution is 6.32. The van der Waals surface area contributed by atoms with E-state index in [0.29, 0.717) is 41.8 Å². The molecule has 0 atom stereocenters. The van der Waals surface area contributed by atoms with E-state index in [1.807, 2.05) is 12.1 Å². The normalized spacial score (nSPS) is 12.9. The molecule has 1 aromatic heterocycles. The van der Waals surface area contributed by atoms with Gasteiger partial charge >= 0.3 is 5.97 Å². The molecule has 0 unspecified atom stereocenters. The Morgan fingerprint density at radius 1 is 1.55 bits per heavy atom. The summed E-state index contributed by atoms with van der Waals surface area (Å²) in [5.74, 6) is 0.210. The second kappa shape index (κ2) is 5.17. The standard InChI is InChI=1S/C14H13ClN2O3/c1-2-19-14(18)12-8-6-7-20-13-9(11(8)16-17-12)4-3-5-10(13)15/h3-5H,2,6-7H2,1H3,(H,16,17). The minimum absolute atomic E-state index is 0.325. The zero-order valence-corrected chi connectivity index (χ0v) is 11.7. The van der Waals surface area contributed by atoms with Crippen molar-refractivity contribution < 1.29 is 14.3 Å². The summed E-state index contributed by atoms with van der Waals surface area (Å²) in [6.07, 6.45) is 0.574. The second-order valence-electron chi connectivity index (χ2n) is 4.36. The Morgan fingerprint density at radius 2 is 2.40 bits per heavy atom. The lowest BCUT2D eigenvalue weighted by Crippen LogP contribution is -2.09. The first-order valence-electron chi connectivity index (χ1n) is 6.38. The maximum absolute atomic E-state index is 11.9. The molecule has 0 radical (unpaired) electrons. The second-order valence-corrected chi connectivity index (χ2v) is 4.77. The van der Waals surface area contributed by atoms with Crippen LogP contribution in [-0.4, -0.2) is 29.4 Å². The highest BCUT2D eigenvalue weighted by atomic mass is 35.5. The van der Waals surface area contributed by atoms with Crippen LogP contribution in [0.15, 0.2) is 18.2 Å². The Kier molecular flexibility index (Phi) is 3.36. The third-order valence-corrected chi connectivity index (χ3v) is 3.46. The summed E-state index contributed by atoms with van der Waals surface area (Å²) in [4.78, 5) is 11.9. The Morgan fingerprint density at radius 3 is 3.20 bits per heavy atom. The minimum atomic E-state index is -0.397. The summed E-state index contributed by atoms with van der Waals surface area (Å²) in [7, 11) is 0. The van der Waals surface area contributed by atoms with E-state index in [4.69, 9.17) is 21.1 Å². The molecule has 0 fully saturated rings. The molecular weight excluding hydrogens is 280 g/mol. The van der Waals surface area contributed by atoms with Crippen LogP contribution in [0.25, 0.3) is 11.3 Å². The maximum Gasteiger partial charge on any atom is 0.356 e. The monoisotopic (exact) mass is 292 g/mol. The number of esters is 1. The molecule has 1 aliphatic heterocycles. The first-order chi connectivity index (χ1) is 9.72. The van der Waals surface area contributed by atoms with Crippen molar-refractivity contribution in [1.29, 1.82) is 0 Å². The fourth-order valence-electron chi connectivity index (χ4n) is 2.30. The Hall–Kier alpha value is -2.01. The number of rotatable bonds is 2. The van der Waals surface area contributed by atoms with Gasteiger partial charge in [-0.05, 0) is 19.1 Å². The van der Waals surface area contributed by atoms with Gasteiger partial charge in [-0.3, -0.25) is 5.10 Å². The number of halogens is 1. The summed E-state index contributed by atoms with van der Waals surface area (Å²) >= 11 is 6.15. The summed E-state index contributed by atoms with van der Waals surface area (Å²) in [6.45, 7) is 2.53. The fraction of sp³-hybridized carbons (Fsp3) is 0.286. The number of carbonyl (C=O) groups is 1. The van der Waals surface area contributed by atoms with E-state index in [-0.39, 0.29) is 0 Å². The number of benzene rings is 1. The van der Waals surface area contributed by atoms with Crippen molar-refractivity contribution in [3.8, 4) is 17.0 Å². The van der Waals surface area contributed by atoms with Gasteiger partial charge in [0, 0.05) is 17.5 Å². The predicted molar refractivity (Wildman–Crippen MR) is 74.2 cm³/mol. The van der Waals surface area contributed by atoms with E-state index in [1.165, 1.54) is 0 Å². The number of nitrogens with zero attached hydrogens (tertiary/aromatic N) is 1. The van der Waals surface area contributed by atoms with Crippen LogP contribution in [0.2, 0.25) is 5.02 Å². The summed E-state index contributed by atoms with van der Waals surface area (Å²) in [5, 5.41) is 7.54. The largest absolute Gasteiger partial charge is 0.491 e. The summed E-state index contributed by atoms with van der Waals surface area (Å²) < 4.78 is 10.7. The number of hydrogen-bond acceptors (Lipinski definition) is 4. The lowest BCUT2D eigenvalue weighted by atomic mass is 10.0. The molecule has 1 aliphatic rings. The molecule has 104 valence electrons. The molecule has 1 N–H and O–H groups in total. The van der Waals surface area contributed by atoms with E-state index in [1.54, 1.807) is 13.0 Å². The number of carbonyl (C=O) groups excluding carboxylic acids is 1. The van der Waals surface area contributed by atoms with Gasteiger partial charge < -0.3 is 9.47 Å². The zero-order chi connectivity index (χ0) is 14.1. The first-order valence-corrected chi connectivity index (χ1v) is 6.76. The van der Waals surface area contributed by atoms with Gasteiger partial charge in [0.15, 0.2) is 0 Å². The molecule has 1 aromatic carbocycles. The molecule has 0 amide bonds. The molecule has 5 nitrogen and oxygen atoms in total. The van der Waals surface area contributed by atoms with Gasteiger partial charge in [-0.2, -0.15) is 5.10 Å². The molecule has 2 aromatic rings. The molecule has 0 bridgehead atoms. The van der Waals surface area contributed by atoms with Crippen LogP contribution in [0.4, 0.5) is 0 Å². The molecule has 20 heavy (non-hydrogen) atoms. The molecule has 0 saturated heterocycles. The van der Waals surface area contributed by atoms with Crippen LogP contribution < -0.4 is 4.74 Å². The van der Waals surface area contributed by atoms with Crippen LogP contribution in [0.3, 0.4) is 0 Å². The highest BCUT2D eigenvalue weighted by Crippen LogP contribution is 2.39. The van der Waals surface area contributed by atoms with Crippen molar-refractivity contribution in [2.75, 3.05) is 13.2 Å². The van der Waals surface area contributed by atoms with Gasteiger partial charge in [0.25, 0.3) is 0 Å². The van der Waals surface area contributed by atoms with Crippen molar-refractivity contribution >= 4 is 17.6 Å². The van der Waals surface area contributed by atoms with Crippen LogP contribution in [0.1, 0.15) is 23.0 Å². The average molecular weight is 293 g/mol. The number of H-pyrrole nitrogens is 1. The molecule has 6 heteroatoms. The lowest BCUT2D eigenvalue weighted by molar-refractivity contribution is 0.0518. The third-order valence-electron chi connectivity index (χ3n) is 3.17. The molecule has 2 heterocycles. The van der Waals surface area contributed by atoms with Gasteiger partial charge in [0.1, 0.15) is 17.1 Å². The number of aromatic nitrogens is 2. The Labute approximate surface area is 120 Å². The van der Waals surface area contributed by atoms with Crippen LogP contribution in [0.5, 0.6) is 5.75 Å².